The van der Waals surface area contributed by atoms with E-state index in [-0.39, 0.29) is 11.4 Å². The molecule has 0 aliphatic carbocycles. The van der Waals surface area contributed by atoms with Crippen LogP contribution in [0.15, 0.2) is 47.1 Å². The number of phenolic OH excluding ortho intramolecular Hbond substituents is 1. The zero-order chi connectivity index (χ0) is 17.4. The van der Waals surface area contributed by atoms with Crippen LogP contribution in [0.2, 0.25) is 0 Å². The van der Waals surface area contributed by atoms with Crippen LogP contribution in [-0.2, 0) is 12.8 Å². The van der Waals surface area contributed by atoms with Crippen LogP contribution < -0.4 is 21.9 Å². The molecule has 0 bridgehead atoms. The van der Waals surface area contributed by atoms with Crippen molar-refractivity contribution in [3.8, 4) is 5.75 Å². The summed E-state index contributed by atoms with van der Waals surface area (Å²) in [6.45, 7) is 0. The van der Waals surface area contributed by atoms with E-state index in [1.54, 1.807) is 30.5 Å². The highest BCUT2D eigenvalue weighted by Gasteiger charge is 2.31. The molecule has 1 aromatic carbocycles. The molecule has 0 fully saturated rings. The minimum atomic E-state index is -0.444. The summed E-state index contributed by atoms with van der Waals surface area (Å²) in [4.78, 5) is 8.69. The zero-order valence-electron chi connectivity index (χ0n) is 13.3. The Hall–Kier alpha value is -3.33. The average molecular weight is 339 g/mol. The number of furan rings is 1. The molecule has 1 unspecified atom stereocenters. The number of aryl methyl sites for hydroxylation is 2. The molecule has 4 rings (SSSR count). The third kappa shape index (κ3) is 2.81. The largest absolute Gasteiger partial charge is 0.508 e. The molecule has 0 saturated carbocycles. The quantitative estimate of drug-likeness (QED) is 0.517. The first-order chi connectivity index (χ1) is 12.1. The summed E-state index contributed by atoms with van der Waals surface area (Å²) in [6.07, 6.45) is 2.40. The second kappa shape index (κ2) is 5.95. The summed E-state index contributed by atoms with van der Waals surface area (Å²) in [6, 6.07) is 10.6. The Kier molecular flexibility index (Phi) is 3.62. The van der Waals surface area contributed by atoms with Crippen molar-refractivity contribution < 1.29 is 9.52 Å². The molecule has 1 aliphatic heterocycles. The van der Waals surface area contributed by atoms with Crippen LogP contribution in [0.1, 0.15) is 23.3 Å². The predicted octanol–water partition coefficient (Wildman–Crippen LogP) is 0.777. The molecule has 1 atom stereocenters. The predicted molar refractivity (Wildman–Crippen MR) is 88.9 cm³/mol. The van der Waals surface area contributed by atoms with E-state index < -0.39 is 6.17 Å². The van der Waals surface area contributed by atoms with Gasteiger partial charge in [-0.1, -0.05) is 12.1 Å². The van der Waals surface area contributed by atoms with Crippen molar-refractivity contribution in [2.75, 3.05) is 10.4 Å². The molecule has 0 amide bonds. The number of aromatic nitrogens is 3. The number of nitrogens with two attached hydrogens (primary N) is 1. The standard InChI is InChI=1S/C16H17N7O2/c17-15-19-13(8-5-10-3-6-11(24)7-4-10)20-16-21-14(23(18)22(15)16)12-2-1-9-25-12/h1-4,6-7,9,14,24H,5,8,18H2,(H2,17,19,20,21). The van der Waals surface area contributed by atoms with Gasteiger partial charge in [0.1, 0.15) is 17.3 Å². The van der Waals surface area contributed by atoms with Gasteiger partial charge < -0.3 is 14.8 Å². The fourth-order valence-electron chi connectivity index (χ4n) is 2.76. The monoisotopic (exact) mass is 339 g/mol. The minimum Gasteiger partial charge on any atom is -0.508 e. The van der Waals surface area contributed by atoms with Gasteiger partial charge >= 0.3 is 0 Å². The lowest BCUT2D eigenvalue weighted by Gasteiger charge is -2.18. The molecule has 9 heteroatoms. The highest BCUT2D eigenvalue weighted by molar-refractivity contribution is 5.38. The van der Waals surface area contributed by atoms with Crippen molar-refractivity contribution in [2.45, 2.75) is 19.0 Å². The molecule has 3 heterocycles. The second-order valence-electron chi connectivity index (χ2n) is 5.71. The second-order valence-corrected chi connectivity index (χ2v) is 5.71. The van der Waals surface area contributed by atoms with Gasteiger partial charge in [0.05, 0.1) is 6.26 Å². The number of benzene rings is 1. The molecule has 2 aromatic heterocycles. The summed E-state index contributed by atoms with van der Waals surface area (Å²) in [7, 11) is 0. The van der Waals surface area contributed by atoms with Gasteiger partial charge in [-0.3, -0.25) is 5.41 Å². The summed E-state index contributed by atoms with van der Waals surface area (Å²) >= 11 is 0. The smallest absolute Gasteiger partial charge is 0.247 e. The van der Waals surface area contributed by atoms with Gasteiger partial charge in [0, 0.05) is 6.42 Å². The minimum absolute atomic E-state index is 0.00485. The number of phenols is 1. The summed E-state index contributed by atoms with van der Waals surface area (Å²) < 4.78 is 6.78. The Bertz CT molecular complexity index is 934. The van der Waals surface area contributed by atoms with Gasteiger partial charge in [0.15, 0.2) is 6.17 Å². The van der Waals surface area contributed by atoms with Gasteiger partial charge in [-0.25, -0.2) is 11.0 Å². The van der Waals surface area contributed by atoms with Crippen LogP contribution in [0.3, 0.4) is 0 Å². The Morgan fingerprint density at radius 2 is 2.00 bits per heavy atom. The van der Waals surface area contributed by atoms with E-state index in [0.717, 1.165) is 5.56 Å². The van der Waals surface area contributed by atoms with E-state index in [4.69, 9.17) is 15.7 Å². The Morgan fingerprint density at radius 3 is 2.72 bits per heavy atom. The van der Waals surface area contributed by atoms with Crippen LogP contribution in [0.4, 0.5) is 5.95 Å². The first kappa shape index (κ1) is 15.2. The molecular formula is C16H17N7O2. The summed E-state index contributed by atoms with van der Waals surface area (Å²) in [5.41, 5.74) is 1.05. The maximum Gasteiger partial charge on any atom is 0.247 e. The number of hydrogen-bond donors (Lipinski definition) is 4. The van der Waals surface area contributed by atoms with Crippen LogP contribution in [-0.4, -0.2) is 19.8 Å². The highest BCUT2D eigenvalue weighted by atomic mass is 16.3. The molecule has 1 aliphatic rings. The Balaban J connectivity index is 1.56. The number of fused-ring (bicyclic) bond motifs is 1. The van der Waals surface area contributed by atoms with E-state index in [0.29, 0.717) is 30.4 Å². The SMILES string of the molecule is N=c1nc(CCc2ccc(O)cc2)nc2n1N(N)C(c1ccco1)N2. The number of anilines is 1. The lowest BCUT2D eigenvalue weighted by Crippen LogP contribution is -2.47. The van der Waals surface area contributed by atoms with Crippen molar-refractivity contribution in [3.63, 3.8) is 0 Å². The van der Waals surface area contributed by atoms with Crippen molar-refractivity contribution in [1.82, 2.24) is 14.6 Å². The number of hydrazine groups is 1. The lowest BCUT2D eigenvalue weighted by molar-refractivity contribution is 0.442. The molecule has 3 aromatic rings. The van der Waals surface area contributed by atoms with Gasteiger partial charge in [-0.15, -0.1) is 0 Å². The van der Waals surface area contributed by atoms with Crippen molar-refractivity contribution in [2.24, 2.45) is 5.84 Å². The first-order valence-corrected chi connectivity index (χ1v) is 7.78. The zero-order valence-corrected chi connectivity index (χ0v) is 13.3. The van der Waals surface area contributed by atoms with Crippen LogP contribution >= 0.6 is 0 Å². The first-order valence-electron chi connectivity index (χ1n) is 7.78. The number of nitrogens with zero attached hydrogens (tertiary/aromatic N) is 4. The third-order valence-electron chi connectivity index (χ3n) is 4.02. The number of nitrogens with one attached hydrogen (secondary N) is 2. The summed E-state index contributed by atoms with van der Waals surface area (Å²) in [5, 5.41) is 21.9. The van der Waals surface area contributed by atoms with Gasteiger partial charge in [0.2, 0.25) is 11.6 Å². The average Bonchev–Trinajstić information content (AvgIpc) is 3.22. The Morgan fingerprint density at radius 1 is 1.20 bits per heavy atom. The van der Waals surface area contributed by atoms with Gasteiger partial charge in [-0.2, -0.15) is 14.6 Å². The molecule has 25 heavy (non-hydrogen) atoms. The molecule has 0 radical (unpaired) electrons. The number of aromatic hydroxyl groups is 1. The maximum atomic E-state index is 9.33. The summed E-state index contributed by atoms with van der Waals surface area (Å²) in [5.74, 6) is 7.92. The third-order valence-corrected chi connectivity index (χ3v) is 4.02. The van der Waals surface area contributed by atoms with Crippen molar-refractivity contribution >= 4 is 5.95 Å². The van der Waals surface area contributed by atoms with Gasteiger partial charge in [0.25, 0.3) is 0 Å². The number of rotatable bonds is 4. The fraction of sp³-hybridized carbons (Fsp3) is 0.188. The molecule has 128 valence electrons. The number of hydrogen-bond acceptors (Lipinski definition) is 8. The molecule has 0 saturated heterocycles. The van der Waals surface area contributed by atoms with Crippen LogP contribution in [0.5, 0.6) is 5.75 Å². The Labute approximate surface area is 142 Å². The van der Waals surface area contributed by atoms with E-state index in [9.17, 15) is 5.11 Å². The van der Waals surface area contributed by atoms with Crippen LogP contribution in [0, 0.1) is 5.41 Å². The maximum absolute atomic E-state index is 9.33. The lowest BCUT2D eigenvalue weighted by atomic mass is 10.1. The molecule has 0 spiro atoms. The molecule has 5 N–H and O–H groups in total. The van der Waals surface area contributed by atoms with Crippen molar-refractivity contribution in [3.05, 3.63) is 65.4 Å². The van der Waals surface area contributed by atoms with Crippen LogP contribution in [0.25, 0.3) is 0 Å². The van der Waals surface area contributed by atoms with Gasteiger partial charge in [-0.05, 0) is 36.2 Å². The fourth-order valence-corrected chi connectivity index (χ4v) is 2.76. The normalized spacial score (nSPS) is 15.9. The molecular weight excluding hydrogens is 322 g/mol. The highest BCUT2D eigenvalue weighted by Crippen LogP contribution is 2.25. The van der Waals surface area contributed by atoms with E-state index in [2.05, 4.69) is 15.3 Å². The topological polar surface area (TPSA) is 129 Å². The van der Waals surface area contributed by atoms with E-state index in [1.165, 1.54) is 9.79 Å². The molecule has 9 nitrogen and oxygen atoms in total. The van der Waals surface area contributed by atoms with Crippen molar-refractivity contribution in [1.29, 1.82) is 5.41 Å². The van der Waals surface area contributed by atoms with E-state index in [1.807, 2.05) is 12.1 Å². The van der Waals surface area contributed by atoms with E-state index >= 15 is 0 Å².